The number of hydrazone groups is 1. The van der Waals surface area contributed by atoms with Crippen LogP contribution < -0.4 is 20.2 Å². The molecule has 0 bridgehead atoms. The van der Waals surface area contributed by atoms with Crippen LogP contribution in [-0.4, -0.2) is 25.1 Å². The summed E-state index contributed by atoms with van der Waals surface area (Å²) in [4.78, 5) is 24.1. The van der Waals surface area contributed by atoms with Gasteiger partial charge in [0, 0.05) is 0 Å². The zero-order chi connectivity index (χ0) is 23.8. The fraction of sp³-hybridized carbons (Fsp3) is 0.0870. The molecule has 0 spiro atoms. The van der Waals surface area contributed by atoms with Gasteiger partial charge >= 0.3 is 11.8 Å². The molecule has 0 aliphatic carbocycles. The van der Waals surface area contributed by atoms with Crippen LogP contribution in [0.2, 0.25) is 10.0 Å². The smallest absolute Gasteiger partial charge is 0.329 e. The third-order valence-electron chi connectivity index (χ3n) is 4.26. The molecule has 3 aromatic carbocycles. The maximum absolute atomic E-state index is 12.1. The number of carbonyl (C=O) groups is 2. The molecule has 0 heterocycles. The molecule has 0 fully saturated rings. The lowest BCUT2D eigenvalue weighted by molar-refractivity contribution is -0.136. The van der Waals surface area contributed by atoms with Gasteiger partial charge in [0.25, 0.3) is 0 Å². The second-order valence-electron chi connectivity index (χ2n) is 6.56. The topological polar surface area (TPSA) is 89.0 Å². The molecule has 33 heavy (non-hydrogen) atoms. The summed E-state index contributed by atoms with van der Waals surface area (Å²) >= 11 is 15.4. The van der Waals surface area contributed by atoms with Crippen LogP contribution in [0.3, 0.4) is 0 Å². The van der Waals surface area contributed by atoms with Gasteiger partial charge in [0.2, 0.25) is 0 Å². The van der Waals surface area contributed by atoms with E-state index in [0.29, 0.717) is 28.1 Å². The first-order chi connectivity index (χ1) is 15.9. The van der Waals surface area contributed by atoms with E-state index in [-0.39, 0.29) is 15.7 Å². The molecule has 0 aromatic heterocycles. The minimum atomic E-state index is -0.976. The highest BCUT2D eigenvalue weighted by molar-refractivity contribution is 9.10. The summed E-state index contributed by atoms with van der Waals surface area (Å²) in [5.74, 6) is -0.919. The van der Waals surface area contributed by atoms with Gasteiger partial charge in [-0.1, -0.05) is 59.6 Å². The Morgan fingerprint density at radius 2 is 1.82 bits per heavy atom. The number of carbonyl (C=O) groups excluding carboxylic acids is 2. The number of amides is 2. The highest BCUT2D eigenvalue weighted by atomic mass is 79.9. The van der Waals surface area contributed by atoms with Crippen molar-refractivity contribution in [3.8, 4) is 11.5 Å². The third kappa shape index (κ3) is 6.71. The van der Waals surface area contributed by atoms with E-state index < -0.39 is 11.8 Å². The Kier molecular flexibility index (Phi) is 8.71. The first kappa shape index (κ1) is 24.6. The van der Waals surface area contributed by atoms with Crippen molar-refractivity contribution in [2.75, 3.05) is 12.4 Å². The van der Waals surface area contributed by atoms with Gasteiger partial charge in [0.05, 0.1) is 33.5 Å². The van der Waals surface area contributed by atoms with Crippen LogP contribution in [0.25, 0.3) is 0 Å². The van der Waals surface area contributed by atoms with Crippen LogP contribution in [0.4, 0.5) is 5.69 Å². The van der Waals surface area contributed by atoms with Gasteiger partial charge in [0.15, 0.2) is 11.5 Å². The van der Waals surface area contributed by atoms with E-state index in [1.54, 1.807) is 24.3 Å². The lowest BCUT2D eigenvalue weighted by Gasteiger charge is -2.13. The summed E-state index contributed by atoms with van der Waals surface area (Å²) in [7, 11) is 1.52. The number of benzene rings is 3. The molecular weight excluding hydrogens is 533 g/mol. The van der Waals surface area contributed by atoms with Gasteiger partial charge in [-0.05, 0) is 51.3 Å². The summed E-state index contributed by atoms with van der Waals surface area (Å²) in [6.07, 6.45) is 1.37. The number of methoxy groups -OCH3 is 1. The fourth-order valence-corrected chi connectivity index (χ4v) is 3.60. The summed E-state index contributed by atoms with van der Waals surface area (Å²) < 4.78 is 11.9. The molecule has 7 nitrogen and oxygen atoms in total. The Morgan fingerprint density at radius 1 is 1.06 bits per heavy atom. The van der Waals surface area contributed by atoms with Crippen molar-refractivity contribution >= 4 is 62.8 Å². The predicted octanol–water partition coefficient (Wildman–Crippen LogP) is 5.43. The van der Waals surface area contributed by atoms with Crippen molar-refractivity contribution in [1.29, 1.82) is 0 Å². The zero-order valence-electron chi connectivity index (χ0n) is 17.3. The lowest BCUT2D eigenvalue weighted by atomic mass is 10.2. The van der Waals surface area contributed by atoms with Crippen LogP contribution in [0, 0.1) is 0 Å². The summed E-state index contributed by atoms with van der Waals surface area (Å²) in [6, 6.07) is 17.8. The quantitative estimate of drug-likeness (QED) is 0.233. The van der Waals surface area contributed by atoms with Crippen LogP contribution in [0.1, 0.15) is 11.1 Å². The number of anilines is 1. The highest BCUT2D eigenvalue weighted by Gasteiger charge is 2.16. The standard InChI is InChI=1S/C23H18BrCl2N3O4/c1-32-19-11-15(10-16(24)21(19)33-13-14-6-3-2-4-7-14)12-27-29-23(31)22(30)28-18-9-5-8-17(25)20(18)26/h2-12H,13H2,1H3,(H,28,30)(H,29,31). The fourth-order valence-electron chi connectivity index (χ4n) is 2.68. The average molecular weight is 551 g/mol. The Morgan fingerprint density at radius 3 is 2.55 bits per heavy atom. The van der Waals surface area contributed by atoms with Crippen molar-refractivity contribution < 1.29 is 19.1 Å². The Bertz CT molecular complexity index is 1190. The van der Waals surface area contributed by atoms with Crippen LogP contribution in [0.15, 0.2) is 70.2 Å². The van der Waals surface area contributed by atoms with Crippen molar-refractivity contribution in [3.63, 3.8) is 0 Å². The lowest BCUT2D eigenvalue weighted by Crippen LogP contribution is -2.32. The molecule has 0 unspecified atom stereocenters. The van der Waals surface area contributed by atoms with Gasteiger partial charge in [-0.3, -0.25) is 9.59 Å². The number of rotatable bonds is 7. The SMILES string of the molecule is COc1cc(C=NNC(=O)C(=O)Nc2cccc(Cl)c2Cl)cc(Br)c1OCc1ccccc1. The summed E-state index contributed by atoms with van der Waals surface area (Å²) in [6.45, 7) is 0.366. The molecule has 3 aromatic rings. The second kappa shape index (κ2) is 11.7. The molecular formula is C23H18BrCl2N3O4. The van der Waals surface area contributed by atoms with E-state index in [2.05, 4.69) is 31.8 Å². The molecule has 0 saturated heterocycles. The van der Waals surface area contributed by atoms with Crippen molar-refractivity contribution in [2.24, 2.45) is 5.10 Å². The van der Waals surface area contributed by atoms with Gasteiger partial charge in [-0.2, -0.15) is 5.10 Å². The minimum Gasteiger partial charge on any atom is -0.493 e. The monoisotopic (exact) mass is 549 g/mol. The van der Waals surface area contributed by atoms with Crippen LogP contribution in [-0.2, 0) is 16.2 Å². The summed E-state index contributed by atoms with van der Waals surface area (Å²) in [5.41, 5.74) is 3.99. The van der Waals surface area contributed by atoms with E-state index in [4.69, 9.17) is 32.7 Å². The van der Waals surface area contributed by atoms with E-state index in [1.165, 1.54) is 19.4 Å². The second-order valence-corrected chi connectivity index (χ2v) is 8.20. The van der Waals surface area contributed by atoms with E-state index in [9.17, 15) is 9.59 Å². The molecule has 0 radical (unpaired) electrons. The summed E-state index contributed by atoms with van der Waals surface area (Å²) in [5, 5.41) is 6.59. The van der Waals surface area contributed by atoms with Gasteiger partial charge < -0.3 is 14.8 Å². The van der Waals surface area contributed by atoms with Crippen molar-refractivity contribution in [3.05, 3.63) is 86.3 Å². The molecule has 2 amide bonds. The maximum atomic E-state index is 12.1. The number of hydrogen-bond acceptors (Lipinski definition) is 5. The molecule has 2 N–H and O–H groups in total. The van der Waals surface area contributed by atoms with Gasteiger partial charge in [-0.25, -0.2) is 5.43 Å². The largest absolute Gasteiger partial charge is 0.493 e. The van der Waals surface area contributed by atoms with E-state index in [0.717, 1.165) is 5.56 Å². The van der Waals surface area contributed by atoms with Crippen LogP contribution >= 0.6 is 39.1 Å². The Hall–Kier alpha value is -3.07. The molecule has 170 valence electrons. The average Bonchev–Trinajstić information content (AvgIpc) is 2.81. The normalized spacial score (nSPS) is 10.7. The number of halogens is 3. The van der Waals surface area contributed by atoms with Crippen molar-refractivity contribution in [2.45, 2.75) is 6.61 Å². The third-order valence-corrected chi connectivity index (χ3v) is 5.67. The Labute approximate surface area is 208 Å². The van der Waals surface area contributed by atoms with Crippen molar-refractivity contribution in [1.82, 2.24) is 5.43 Å². The Balaban J connectivity index is 1.63. The first-order valence-corrected chi connectivity index (χ1v) is 11.1. The van der Waals surface area contributed by atoms with E-state index in [1.807, 2.05) is 30.3 Å². The molecule has 0 atom stereocenters. The molecule has 10 heteroatoms. The number of ether oxygens (including phenoxy) is 2. The highest BCUT2D eigenvalue weighted by Crippen LogP contribution is 2.37. The van der Waals surface area contributed by atoms with Crippen LogP contribution in [0.5, 0.6) is 11.5 Å². The van der Waals surface area contributed by atoms with Gasteiger partial charge in [-0.15, -0.1) is 0 Å². The maximum Gasteiger partial charge on any atom is 0.329 e. The zero-order valence-corrected chi connectivity index (χ0v) is 20.4. The number of nitrogens with one attached hydrogen (secondary N) is 2. The number of nitrogens with zero attached hydrogens (tertiary/aromatic N) is 1. The molecule has 0 aliphatic rings. The van der Waals surface area contributed by atoms with Gasteiger partial charge in [0.1, 0.15) is 6.61 Å². The first-order valence-electron chi connectivity index (χ1n) is 9.51. The predicted molar refractivity (Wildman–Crippen MR) is 132 cm³/mol. The molecule has 3 rings (SSSR count). The number of hydrogen-bond donors (Lipinski definition) is 2. The van der Waals surface area contributed by atoms with E-state index >= 15 is 0 Å². The molecule has 0 aliphatic heterocycles. The molecule has 0 saturated carbocycles. The minimum absolute atomic E-state index is 0.135.